The van der Waals surface area contributed by atoms with Crippen LogP contribution < -0.4 is 5.32 Å². The first-order valence-corrected chi connectivity index (χ1v) is 7.44. The van der Waals surface area contributed by atoms with E-state index in [2.05, 4.69) is 10.1 Å². The molecule has 0 aliphatic rings. The van der Waals surface area contributed by atoms with Gasteiger partial charge in [0.2, 0.25) is 0 Å². The maximum absolute atomic E-state index is 11.9. The summed E-state index contributed by atoms with van der Waals surface area (Å²) in [6, 6.07) is 6.89. The van der Waals surface area contributed by atoms with Crippen molar-refractivity contribution in [3.8, 4) is 0 Å². The van der Waals surface area contributed by atoms with Crippen LogP contribution in [0.2, 0.25) is 0 Å². The Kier molecular flexibility index (Phi) is 6.40. The third-order valence-electron chi connectivity index (χ3n) is 3.00. The van der Waals surface area contributed by atoms with E-state index in [-0.39, 0.29) is 12.0 Å². The molecule has 0 aliphatic heterocycles. The lowest BCUT2D eigenvalue weighted by molar-refractivity contribution is 0.0499. The van der Waals surface area contributed by atoms with E-state index in [0.717, 1.165) is 18.4 Å². The molecule has 22 heavy (non-hydrogen) atoms. The van der Waals surface area contributed by atoms with Gasteiger partial charge in [0.25, 0.3) is 0 Å². The van der Waals surface area contributed by atoms with Gasteiger partial charge in [0, 0.05) is 0 Å². The van der Waals surface area contributed by atoms with Gasteiger partial charge in [0.15, 0.2) is 0 Å². The van der Waals surface area contributed by atoms with Crippen LogP contribution in [-0.2, 0) is 9.47 Å². The van der Waals surface area contributed by atoms with Gasteiger partial charge in [0.05, 0.1) is 18.7 Å². The second-order valence-electron chi connectivity index (χ2n) is 6.10. The van der Waals surface area contributed by atoms with Crippen molar-refractivity contribution >= 4 is 12.1 Å². The van der Waals surface area contributed by atoms with Crippen LogP contribution in [0.4, 0.5) is 4.79 Å². The Bertz CT molecular complexity index is 502. The number of esters is 1. The monoisotopic (exact) mass is 307 g/mol. The fourth-order valence-corrected chi connectivity index (χ4v) is 2.03. The summed E-state index contributed by atoms with van der Waals surface area (Å²) in [5, 5.41) is 2.88. The number of nitrogens with one attached hydrogen (secondary N) is 1. The summed E-state index contributed by atoms with van der Waals surface area (Å²) in [5.74, 6) is -0.376. The minimum atomic E-state index is -0.532. The number of benzene rings is 1. The molecule has 122 valence electrons. The summed E-state index contributed by atoms with van der Waals surface area (Å²) in [4.78, 5) is 23.4. The van der Waals surface area contributed by atoms with Crippen molar-refractivity contribution in [3.05, 3.63) is 35.4 Å². The zero-order valence-corrected chi connectivity index (χ0v) is 13.9. The number of hydrogen-bond donors (Lipinski definition) is 1. The molecule has 1 rings (SSSR count). The van der Waals surface area contributed by atoms with Gasteiger partial charge < -0.3 is 14.8 Å². The highest BCUT2D eigenvalue weighted by molar-refractivity contribution is 5.89. The van der Waals surface area contributed by atoms with E-state index in [0.29, 0.717) is 5.56 Å². The summed E-state index contributed by atoms with van der Waals surface area (Å²) in [7, 11) is 1.35. The van der Waals surface area contributed by atoms with Gasteiger partial charge >= 0.3 is 12.1 Å². The lowest BCUT2D eigenvalue weighted by atomic mass is 10.0. The molecule has 0 saturated carbocycles. The molecule has 0 bridgehead atoms. The first-order valence-electron chi connectivity index (χ1n) is 7.44. The van der Waals surface area contributed by atoms with Gasteiger partial charge in [-0.15, -0.1) is 0 Å². The van der Waals surface area contributed by atoms with E-state index in [4.69, 9.17) is 4.74 Å². The average molecular weight is 307 g/mol. The Morgan fingerprint density at radius 2 is 1.77 bits per heavy atom. The maximum Gasteiger partial charge on any atom is 0.408 e. The molecule has 0 fully saturated rings. The molecule has 1 unspecified atom stereocenters. The summed E-state index contributed by atoms with van der Waals surface area (Å²) >= 11 is 0. The first kappa shape index (κ1) is 18.0. The molecule has 0 saturated heterocycles. The van der Waals surface area contributed by atoms with Gasteiger partial charge in [-0.1, -0.05) is 25.5 Å². The standard InChI is InChI=1S/C17H25NO4/c1-6-7-14(18-16(20)22-17(2,3)4)12-8-10-13(11-9-12)15(19)21-5/h8-11,14H,6-7H2,1-5H3,(H,18,20). The molecule has 5 nitrogen and oxygen atoms in total. The zero-order valence-electron chi connectivity index (χ0n) is 13.9. The van der Waals surface area contributed by atoms with Crippen LogP contribution in [0.1, 0.15) is 62.5 Å². The molecule has 0 radical (unpaired) electrons. The lowest BCUT2D eigenvalue weighted by Gasteiger charge is -2.24. The SMILES string of the molecule is CCCC(NC(=O)OC(C)(C)C)c1ccc(C(=O)OC)cc1. The molecule has 1 N–H and O–H groups in total. The molecule has 1 aromatic rings. The molecule has 1 amide bonds. The van der Waals surface area contributed by atoms with Crippen molar-refractivity contribution < 1.29 is 19.1 Å². The number of alkyl carbamates (subject to hydrolysis) is 1. The van der Waals surface area contributed by atoms with Gasteiger partial charge in [-0.25, -0.2) is 9.59 Å². The second-order valence-corrected chi connectivity index (χ2v) is 6.10. The molecule has 0 spiro atoms. The highest BCUT2D eigenvalue weighted by Gasteiger charge is 2.20. The van der Waals surface area contributed by atoms with Crippen molar-refractivity contribution in [1.82, 2.24) is 5.32 Å². The molecule has 0 heterocycles. The zero-order chi connectivity index (χ0) is 16.8. The van der Waals surface area contributed by atoms with Crippen molar-refractivity contribution in [2.75, 3.05) is 7.11 Å². The van der Waals surface area contributed by atoms with Crippen LogP contribution in [0.15, 0.2) is 24.3 Å². The minimum Gasteiger partial charge on any atom is -0.465 e. The number of hydrogen-bond acceptors (Lipinski definition) is 4. The Labute approximate surface area is 132 Å². The van der Waals surface area contributed by atoms with E-state index in [9.17, 15) is 9.59 Å². The van der Waals surface area contributed by atoms with Crippen LogP contribution in [0.25, 0.3) is 0 Å². The Morgan fingerprint density at radius 3 is 2.23 bits per heavy atom. The number of amides is 1. The van der Waals surface area contributed by atoms with Crippen LogP contribution in [0, 0.1) is 0 Å². The fourth-order valence-electron chi connectivity index (χ4n) is 2.03. The molecule has 0 aliphatic carbocycles. The topological polar surface area (TPSA) is 64.6 Å². The van der Waals surface area contributed by atoms with Crippen molar-refractivity contribution in [1.29, 1.82) is 0 Å². The summed E-state index contributed by atoms with van der Waals surface area (Å²) in [6.07, 6.45) is 1.26. The van der Waals surface area contributed by atoms with E-state index >= 15 is 0 Å². The second kappa shape index (κ2) is 7.82. The predicted molar refractivity (Wildman–Crippen MR) is 84.8 cm³/mol. The summed E-state index contributed by atoms with van der Waals surface area (Å²) in [5.41, 5.74) is 0.884. The Balaban J connectivity index is 2.82. The van der Waals surface area contributed by atoms with E-state index in [1.54, 1.807) is 12.1 Å². The van der Waals surface area contributed by atoms with Gasteiger partial charge in [0.1, 0.15) is 5.60 Å². The number of methoxy groups -OCH3 is 1. The highest BCUT2D eigenvalue weighted by atomic mass is 16.6. The summed E-state index contributed by atoms with van der Waals surface area (Å²) in [6.45, 7) is 7.53. The highest BCUT2D eigenvalue weighted by Crippen LogP contribution is 2.20. The molecule has 1 aromatic carbocycles. The van der Waals surface area contributed by atoms with Gasteiger partial charge in [-0.05, 0) is 44.9 Å². The van der Waals surface area contributed by atoms with Crippen LogP contribution in [-0.4, -0.2) is 24.8 Å². The van der Waals surface area contributed by atoms with Crippen molar-refractivity contribution in [3.63, 3.8) is 0 Å². The molecular formula is C17H25NO4. The van der Waals surface area contributed by atoms with E-state index < -0.39 is 11.7 Å². The van der Waals surface area contributed by atoms with Crippen LogP contribution in [0.3, 0.4) is 0 Å². The smallest absolute Gasteiger partial charge is 0.408 e. The van der Waals surface area contributed by atoms with Crippen molar-refractivity contribution in [2.45, 2.75) is 52.2 Å². The predicted octanol–water partition coefficient (Wildman–Crippen LogP) is 3.84. The normalized spacial score (nSPS) is 12.4. The van der Waals surface area contributed by atoms with Crippen molar-refractivity contribution in [2.24, 2.45) is 0 Å². The Morgan fingerprint density at radius 1 is 1.18 bits per heavy atom. The molecule has 5 heteroatoms. The van der Waals surface area contributed by atoms with Crippen LogP contribution in [0.5, 0.6) is 0 Å². The Hall–Kier alpha value is -2.04. The van der Waals surface area contributed by atoms with Gasteiger partial charge in [-0.3, -0.25) is 0 Å². The number of ether oxygens (including phenoxy) is 2. The first-order chi connectivity index (χ1) is 10.3. The third kappa shape index (κ3) is 5.76. The number of carbonyl (C=O) groups is 2. The molecule has 1 atom stereocenters. The molecule has 0 aromatic heterocycles. The average Bonchev–Trinajstić information content (AvgIpc) is 2.44. The van der Waals surface area contributed by atoms with Crippen LogP contribution >= 0.6 is 0 Å². The lowest BCUT2D eigenvalue weighted by Crippen LogP contribution is -2.35. The third-order valence-corrected chi connectivity index (χ3v) is 3.00. The minimum absolute atomic E-state index is 0.147. The molecular weight excluding hydrogens is 282 g/mol. The summed E-state index contributed by atoms with van der Waals surface area (Å²) < 4.78 is 9.97. The van der Waals surface area contributed by atoms with E-state index in [1.807, 2.05) is 39.8 Å². The number of rotatable bonds is 5. The number of carbonyl (C=O) groups excluding carboxylic acids is 2. The van der Waals surface area contributed by atoms with E-state index in [1.165, 1.54) is 7.11 Å². The fraction of sp³-hybridized carbons (Fsp3) is 0.529. The maximum atomic E-state index is 11.9. The largest absolute Gasteiger partial charge is 0.465 e. The van der Waals surface area contributed by atoms with Gasteiger partial charge in [-0.2, -0.15) is 0 Å². The quantitative estimate of drug-likeness (QED) is 0.839.